The first-order valence-corrected chi connectivity index (χ1v) is 7.62. The topological polar surface area (TPSA) is 76.1 Å². The van der Waals surface area contributed by atoms with Gasteiger partial charge in [0, 0.05) is 18.7 Å². The van der Waals surface area contributed by atoms with Gasteiger partial charge in [-0.1, -0.05) is 19.1 Å². The Kier molecular flexibility index (Phi) is 5.91. The number of hydrogen-bond donors (Lipinski definition) is 2. The van der Waals surface area contributed by atoms with Gasteiger partial charge in [0.2, 0.25) is 0 Å². The van der Waals surface area contributed by atoms with Crippen LogP contribution in [0.15, 0.2) is 36.7 Å². The summed E-state index contributed by atoms with van der Waals surface area (Å²) in [5.41, 5.74) is 1.45. The van der Waals surface area contributed by atoms with Crippen molar-refractivity contribution in [3.05, 3.63) is 47.9 Å². The highest BCUT2D eigenvalue weighted by molar-refractivity contribution is 5.93. The molecule has 1 heterocycles. The van der Waals surface area contributed by atoms with E-state index in [-0.39, 0.29) is 11.9 Å². The molecule has 2 rings (SSSR count). The van der Waals surface area contributed by atoms with Gasteiger partial charge in [-0.15, -0.1) is 0 Å². The summed E-state index contributed by atoms with van der Waals surface area (Å²) in [5, 5.41) is 6.08. The summed E-state index contributed by atoms with van der Waals surface area (Å²) in [4.78, 5) is 20.2. The molecule has 0 aliphatic rings. The summed E-state index contributed by atoms with van der Waals surface area (Å²) in [6.45, 7) is 4.59. The molecule has 122 valence electrons. The second-order valence-corrected chi connectivity index (χ2v) is 5.27. The van der Waals surface area contributed by atoms with E-state index >= 15 is 0 Å². The summed E-state index contributed by atoms with van der Waals surface area (Å²) in [6, 6.07) is 9.53. The number of nitrogens with one attached hydrogen (secondary N) is 2. The number of aromatic nitrogens is 2. The van der Waals surface area contributed by atoms with E-state index in [0.717, 1.165) is 17.7 Å². The number of anilines is 1. The molecule has 0 aliphatic heterocycles. The van der Waals surface area contributed by atoms with Gasteiger partial charge in [-0.2, -0.15) is 0 Å². The summed E-state index contributed by atoms with van der Waals surface area (Å²) in [5.74, 6) is 1.25. The van der Waals surface area contributed by atoms with Crippen molar-refractivity contribution in [2.45, 2.75) is 32.9 Å². The van der Waals surface area contributed by atoms with Gasteiger partial charge in [-0.05, 0) is 31.0 Å². The highest BCUT2D eigenvalue weighted by Gasteiger charge is 2.10. The van der Waals surface area contributed by atoms with Crippen molar-refractivity contribution in [2.75, 3.05) is 12.4 Å². The number of rotatable bonds is 7. The van der Waals surface area contributed by atoms with Crippen molar-refractivity contribution >= 4 is 11.7 Å². The van der Waals surface area contributed by atoms with Crippen LogP contribution in [0.2, 0.25) is 0 Å². The highest BCUT2D eigenvalue weighted by Crippen LogP contribution is 2.13. The van der Waals surface area contributed by atoms with Gasteiger partial charge in [-0.25, -0.2) is 9.97 Å². The molecule has 6 heteroatoms. The van der Waals surface area contributed by atoms with Crippen LogP contribution in [0.4, 0.5) is 5.82 Å². The molecule has 1 aromatic heterocycles. The minimum absolute atomic E-state index is 0.119. The third-order valence-electron chi connectivity index (χ3n) is 3.52. The Balaban J connectivity index is 1.97. The van der Waals surface area contributed by atoms with Crippen LogP contribution in [0.3, 0.4) is 0 Å². The fourth-order valence-corrected chi connectivity index (χ4v) is 1.91. The fraction of sp³-hybridized carbons (Fsp3) is 0.353. The van der Waals surface area contributed by atoms with Crippen molar-refractivity contribution in [1.29, 1.82) is 0 Å². The van der Waals surface area contributed by atoms with E-state index < -0.39 is 0 Å². The lowest BCUT2D eigenvalue weighted by molar-refractivity contribution is 0.0934. The first-order valence-electron chi connectivity index (χ1n) is 7.62. The van der Waals surface area contributed by atoms with Crippen LogP contribution in [0.25, 0.3) is 0 Å². The highest BCUT2D eigenvalue weighted by atomic mass is 16.5. The maximum Gasteiger partial charge on any atom is 0.270 e. The number of ether oxygens (including phenoxy) is 1. The molecule has 1 aromatic carbocycles. The van der Waals surface area contributed by atoms with Crippen LogP contribution in [0.5, 0.6) is 5.75 Å². The molecular formula is C17H22N4O2. The Morgan fingerprint density at radius 2 is 2.00 bits per heavy atom. The van der Waals surface area contributed by atoms with Crippen LogP contribution < -0.4 is 15.4 Å². The van der Waals surface area contributed by atoms with E-state index in [1.54, 1.807) is 13.2 Å². The van der Waals surface area contributed by atoms with Crippen molar-refractivity contribution in [3.8, 4) is 5.75 Å². The number of methoxy groups -OCH3 is 1. The van der Waals surface area contributed by atoms with Crippen LogP contribution in [-0.2, 0) is 6.54 Å². The number of benzene rings is 1. The summed E-state index contributed by atoms with van der Waals surface area (Å²) >= 11 is 0. The molecule has 0 fully saturated rings. The predicted octanol–water partition coefficient (Wildman–Crippen LogP) is 2.63. The number of carbonyl (C=O) groups excluding carboxylic acids is 1. The van der Waals surface area contributed by atoms with Crippen LogP contribution in [0.1, 0.15) is 36.3 Å². The molecule has 23 heavy (non-hydrogen) atoms. The molecule has 2 N–H and O–H groups in total. The number of hydrogen-bond acceptors (Lipinski definition) is 5. The Morgan fingerprint density at radius 1 is 1.26 bits per heavy atom. The number of nitrogens with zero attached hydrogens (tertiary/aromatic N) is 2. The Bertz CT molecular complexity index is 643. The Morgan fingerprint density at radius 3 is 2.65 bits per heavy atom. The van der Waals surface area contributed by atoms with Gasteiger partial charge in [0.15, 0.2) is 0 Å². The van der Waals surface area contributed by atoms with E-state index in [1.165, 1.54) is 6.33 Å². The van der Waals surface area contributed by atoms with Crippen LogP contribution in [0, 0.1) is 0 Å². The summed E-state index contributed by atoms with van der Waals surface area (Å²) in [7, 11) is 1.64. The third kappa shape index (κ3) is 4.95. The fourth-order valence-electron chi connectivity index (χ4n) is 1.91. The second kappa shape index (κ2) is 8.12. The van der Waals surface area contributed by atoms with Gasteiger partial charge in [-0.3, -0.25) is 4.79 Å². The summed E-state index contributed by atoms with van der Waals surface area (Å²) < 4.78 is 5.13. The van der Waals surface area contributed by atoms with E-state index in [9.17, 15) is 4.79 Å². The Labute approximate surface area is 136 Å². The maximum atomic E-state index is 12.1. The van der Waals surface area contributed by atoms with Gasteiger partial charge in [0.1, 0.15) is 23.6 Å². The normalized spacial score (nSPS) is 11.6. The molecule has 0 aliphatic carbocycles. The lowest BCUT2D eigenvalue weighted by Gasteiger charge is -2.11. The maximum absolute atomic E-state index is 12.1. The first-order chi connectivity index (χ1) is 11.1. The molecule has 0 saturated carbocycles. The second-order valence-electron chi connectivity index (χ2n) is 5.27. The van der Waals surface area contributed by atoms with Crippen LogP contribution in [-0.4, -0.2) is 29.0 Å². The van der Waals surface area contributed by atoms with E-state index in [4.69, 9.17) is 4.74 Å². The average Bonchev–Trinajstić information content (AvgIpc) is 2.60. The van der Waals surface area contributed by atoms with Crippen molar-refractivity contribution in [1.82, 2.24) is 15.3 Å². The lowest BCUT2D eigenvalue weighted by Crippen LogP contribution is -2.32. The van der Waals surface area contributed by atoms with Gasteiger partial charge in [0.25, 0.3) is 5.91 Å². The zero-order chi connectivity index (χ0) is 16.7. The zero-order valence-corrected chi connectivity index (χ0v) is 13.7. The molecule has 1 amide bonds. The van der Waals surface area contributed by atoms with Crippen molar-refractivity contribution in [2.24, 2.45) is 0 Å². The van der Waals surface area contributed by atoms with Gasteiger partial charge >= 0.3 is 0 Å². The molecular weight excluding hydrogens is 292 g/mol. The largest absolute Gasteiger partial charge is 0.497 e. The molecule has 0 radical (unpaired) electrons. The number of carbonyl (C=O) groups is 1. The molecule has 2 aromatic rings. The molecule has 0 bridgehead atoms. The minimum Gasteiger partial charge on any atom is -0.497 e. The van der Waals surface area contributed by atoms with Crippen LogP contribution >= 0.6 is 0 Å². The van der Waals surface area contributed by atoms with Crippen molar-refractivity contribution < 1.29 is 9.53 Å². The van der Waals surface area contributed by atoms with Gasteiger partial charge < -0.3 is 15.4 Å². The van der Waals surface area contributed by atoms with Gasteiger partial charge in [0.05, 0.1) is 7.11 Å². The van der Waals surface area contributed by atoms with Crippen molar-refractivity contribution in [3.63, 3.8) is 0 Å². The molecule has 0 saturated heterocycles. The Hall–Kier alpha value is -2.63. The van der Waals surface area contributed by atoms with E-state index in [2.05, 4.69) is 20.6 Å². The monoisotopic (exact) mass is 314 g/mol. The average molecular weight is 314 g/mol. The number of amides is 1. The quantitative estimate of drug-likeness (QED) is 0.821. The van der Waals surface area contributed by atoms with E-state index in [1.807, 2.05) is 38.1 Å². The lowest BCUT2D eigenvalue weighted by atomic mass is 10.2. The molecule has 6 nitrogen and oxygen atoms in total. The SMILES string of the molecule is CCC(C)NC(=O)c1cc(NCc2ccc(OC)cc2)ncn1. The first kappa shape index (κ1) is 16.7. The minimum atomic E-state index is -0.186. The molecule has 1 unspecified atom stereocenters. The molecule has 1 atom stereocenters. The zero-order valence-electron chi connectivity index (χ0n) is 13.7. The third-order valence-corrected chi connectivity index (χ3v) is 3.52. The summed E-state index contributed by atoms with van der Waals surface area (Å²) in [6.07, 6.45) is 2.27. The standard InChI is InChI=1S/C17H22N4O2/c1-4-12(2)21-17(22)15-9-16(20-11-19-15)18-10-13-5-7-14(23-3)8-6-13/h5-9,11-12H,4,10H2,1-3H3,(H,21,22)(H,18,19,20). The predicted molar refractivity (Wildman–Crippen MR) is 89.6 cm³/mol. The van der Waals surface area contributed by atoms with E-state index in [0.29, 0.717) is 18.1 Å². The molecule has 0 spiro atoms. The smallest absolute Gasteiger partial charge is 0.270 e.